The third-order valence-electron chi connectivity index (χ3n) is 2.36. The zero-order chi connectivity index (χ0) is 13.0. The van der Waals surface area contributed by atoms with Gasteiger partial charge in [-0.2, -0.15) is 0 Å². The molecule has 0 spiro atoms. The summed E-state index contributed by atoms with van der Waals surface area (Å²) in [4.78, 5) is 13.6. The van der Waals surface area contributed by atoms with Crippen LogP contribution in [-0.4, -0.2) is 36.8 Å². The molecule has 1 atom stereocenters. The van der Waals surface area contributed by atoms with Gasteiger partial charge in [-0.1, -0.05) is 13.8 Å². The van der Waals surface area contributed by atoms with Crippen LogP contribution in [0.2, 0.25) is 0 Å². The minimum Gasteiger partial charge on any atom is -0.467 e. The lowest BCUT2D eigenvalue weighted by Crippen LogP contribution is -2.38. The Bertz CT molecular complexity index is 352. The Balaban J connectivity index is 2.79. The van der Waals surface area contributed by atoms with Crippen LogP contribution in [0.3, 0.4) is 0 Å². The Morgan fingerprint density at radius 2 is 2.29 bits per heavy atom. The topological polar surface area (TPSA) is 29.5 Å². The van der Waals surface area contributed by atoms with Gasteiger partial charge in [0.15, 0.2) is 0 Å². The van der Waals surface area contributed by atoms with Crippen molar-refractivity contribution in [3.63, 3.8) is 0 Å². The van der Waals surface area contributed by atoms with E-state index in [0.29, 0.717) is 5.92 Å². The molecule has 17 heavy (non-hydrogen) atoms. The second-order valence-electron chi connectivity index (χ2n) is 4.30. The number of ether oxygens (including phenoxy) is 1. The largest absolute Gasteiger partial charge is 0.467 e. The van der Waals surface area contributed by atoms with Crippen LogP contribution in [0.4, 0.5) is 0 Å². The van der Waals surface area contributed by atoms with Gasteiger partial charge in [0.05, 0.1) is 12.1 Å². The molecule has 1 rings (SSSR count). The van der Waals surface area contributed by atoms with Gasteiger partial charge in [0.2, 0.25) is 0 Å². The van der Waals surface area contributed by atoms with Gasteiger partial charge in [-0.25, -0.2) is 4.79 Å². The SMILES string of the molecule is COC(=O)C1C=CC(Br)=C(SCC(C)C)N1C. The smallest absolute Gasteiger partial charge is 0.332 e. The number of esters is 1. The van der Waals surface area contributed by atoms with Crippen LogP contribution in [0.1, 0.15) is 13.8 Å². The van der Waals surface area contributed by atoms with Crippen LogP contribution < -0.4 is 0 Å². The van der Waals surface area contributed by atoms with Crippen LogP contribution in [0.15, 0.2) is 21.7 Å². The molecule has 0 bridgehead atoms. The third kappa shape index (κ3) is 3.78. The van der Waals surface area contributed by atoms with E-state index in [1.165, 1.54) is 7.11 Å². The van der Waals surface area contributed by atoms with E-state index in [1.807, 2.05) is 24.1 Å². The Morgan fingerprint density at radius 1 is 1.65 bits per heavy atom. The molecule has 0 N–H and O–H groups in total. The molecule has 0 fully saturated rings. The summed E-state index contributed by atoms with van der Waals surface area (Å²) in [6, 6.07) is -0.323. The minimum absolute atomic E-state index is 0.230. The van der Waals surface area contributed by atoms with E-state index in [2.05, 4.69) is 29.8 Å². The predicted octanol–water partition coefficient (Wildman–Crippen LogP) is 2.98. The normalized spacial score (nSPS) is 20.1. The monoisotopic (exact) mass is 319 g/mol. The van der Waals surface area contributed by atoms with Gasteiger partial charge in [-0.15, -0.1) is 11.8 Å². The summed E-state index contributed by atoms with van der Waals surface area (Å²) in [5, 5.41) is 1.08. The van der Waals surface area contributed by atoms with Crippen molar-refractivity contribution in [1.29, 1.82) is 0 Å². The minimum atomic E-state index is -0.323. The van der Waals surface area contributed by atoms with E-state index < -0.39 is 0 Å². The third-order valence-corrected chi connectivity index (χ3v) is 4.88. The van der Waals surface area contributed by atoms with Gasteiger partial charge >= 0.3 is 5.97 Å². The Hall–Kier alpha value is -0.420. The van der Waals surface area contributed by atoms with Crippen molar-refractivity contribution >= 4 is 33.7 Å². The van der Waals surface area contributed by atoms with Gasteiger partial charge in [0.25, 0.3) is 0 Å². The van der Waals surface area contributed by atoms with Crippen LogP contribution in [0.25, 0.3) is 0 Å². The number of allylic oxidation sites excluding steroid dienone is 2. The van der Waals surface area contributed by atoms with Crippen LogP contribution in [-0.2, 0) is 9.53 Å². The van der Waals surface area contributed by atoms with Crippen molar-refractivity contribution in [2.45, 2.75) is 19.9 Å². The fourth-order valence-corrected chi connectivity index (χ4v) is 3.23. The van der Waals surface area contributed by atoms with Gasteiger partial charge in [0.1, 0.15) is 6.04 Å². The molecule has 0 aromatic heterocycles. The van der Waals surface area contributed by atoms with Gasteiger partial charge < -0.3 is 9.64 Å². The van der Waals surface area contributed by atoms with E-state index in [1.54, 1.807) is 11.8 Å². The van der Waals surface area contributed by atoms with E-state index >= 15 is 0 Å². The fraction of sp³-hybridized carbons (Fsp3) is 0.583. The van der Waals surface area contributed by atoms with Crippen molar-refractivity contribution in [2.75, 3.05) is 19.9 Å². The van der Waals surface area contributed by atoms with Crippen molar-refractivity contribution < 1.29 is 9.53 Å². The average molecular weight is 320 g/mol. The zero-order valence-corrected chi connectivity index (χ0v) is 13.0. The van der Waals surface area contributed by atoms with Crippen molar-refractivity contribution in [3.8, 4) is 0 Å². The highest BCUT2D eigenvalue weighted by Gasteiger charge is 2.27. The number of hydrogen-bond acceptors (Lipinski definition) is 4. The summed E-state index contributed by atoms with van der Waals surface area (Å²) in [6.45, 7) is 4.36. The molecule has 5 heteroatoms. The number of methoxy groups -OCH3 is 1. The van der Waals surface area contributed by atoms with E-state index in [-0.39, 0.29) is 12.0 Å². The molecular weight excluding hydrogens is 302 g/mol. The standard InChI is InChI=1S/C12H18BrNO2S/c1-8(2)7-17-11-9(13)5-6-10(14(11)3)12(15)16-4/h5-6,8,10H,7H2,1-4H3. The first-order chi connectivity index (χ1) is 7.97. The molecule has 0 aliphatic carbocycles. The molecule has 0 saturated carbocycles. The number of rotatable bonds is 4. The maximum atomic E-state index is 11.6. The summed E-state index contributed by atoms with van der Waals surface area (Å²) in [5.41, 5.74) is 0. The Labute approximate surface area is 115 Å². The van der Waals surface area contributed by atoms with E-state index in [9.17, 15) is 4.79 Å². The molecule has 1 aliphatic rings. The molecule has 0 amide bonds. The lowest BCUT2D eigenvalue weighted by molar-refractivity contribution is -0.143. The number of likely N-dealkylation sites (N-methyl/N-ethyl adjacent to an activating group) is 1. The maximum Gasteiger partial charge on any atom is 0.332 e. The molecule has 1 unspecified atom stereocenters. The fourth-order valence-electron chi connectivity index (χ4n) is 1.44. The summed E-state index contributed by atoms with van der Waals surface area (Å²) in [5.74, 6) is 1.41. The van der Waals surface area contributed by atoms with Crippen molar-refractivity contribution in [2.24, 2.45) is 5.92 Å². The highest BCUT2D eigenvalue weighted by molar-refractivity contribution is 9.12. The van der Waals surface area contributed by atoms with E-state index in [0.717, 1.165) is 15.3 Å². The van der Waals surface area contributed by atoms with Gasteiger partial charge in [-0.3, -0.25) is 0 Å². The first-order valence-corrected chi connectivity index (χ1v) is 7.26. The summed E-state index contributed by atoms with van der Waals surface area (Å²) >= 11 is 5.27. The van der Waals surface area contributed by atoms with Crippen LogP contribution >= 0.6 is 27.7 Å². The maximum absolute atomic E-state index is 11.6. The molecule has 0 radical (unpaired) electrons. The van der Waals surface area contributed by atoms with E-state index in [4.69, 9.17) is 4.74 Å². The molecule has 0 aromatic carbocycles. The molecule has 3 nitrogen and oxygen atoms in total. The van der Waals surface area contributed by atoms with Crippen molar-refractivity contribution in [3.05, 3.63) is 21.7 Å². The Kier molecular flexibility index (Phi) is 5.59. The van der Waals surface area contributed by atoms with Gasteiger partial charge in [-0.05, 0) is 34.0 Å². The number of carbonyl (C=O) groups is 1. The quantitative estimate of drug-likeness (QED) is 0.745. The molecule has 0 saturated heterocycles. The molecule has 96 valence electrons. The summed E-state index contributed by atoms with van der Waals surface area (Å²) < 4.78 is 5.81. The summed E-state index contributed by atoms with van der Waals surface area (Å²) in [6.07, 6.45) is 3.76. The average Bonchev–Trinajstić information content (AvgIpc) is 2.27. The second kappa shape index (κ2) is 6.50. The lowest BCUT2D eigenvalue weighted by atomic mass is 10.2. The number of thioether (sulfide) groups is 1. The van der Waals surface area contributed by atoms with Crippen LogP contribution in [0.5, 0.6) is 0 Å². The van der Waals surface area contributed by atoms with Crippen LogP contribution in [0, 0.1) is 5.92 Å². The second-order valence-corrected chi connectivity index (χ2v) is 6.16. The predicted molar refractivity (Wildman–Crippen MR) is 76.0 cm³/mol. The number of hydrogen-bond donors (Lipinski definition) is 0. The molecule has 1 aliphatic heterocycles. The molecule has 0 aromatic rings. The zero-order valence-electron chi connectivity index (χ0n) is 10.6. The number of nitrogens with zero attached hydrogens (tertiary/aromatic N) is 1. The lowest BCUT2D eigenvalue weighted by Gasteiger charge is -2.31. The Morgan fingerprint density at radius 3 is 2.82 bits per heavy atom. The highest BCUT2D eigenvalue weighted by atomic mass is 79.9. The van der Waals surface area contributed by atoms with Crippen molar-refractivity contribution in [1.82, 2.24) is 4.90 Å². The summed E-state index contributed by atoms with van der Waals surface area (Å²) in [7, 11) is 3.33. The highest BCUT2D eigenvalue weighted by Crippen LogP contribution is 2.33. The first kappa shape index (κ1) is 14.6. The first-order valence-electron chi connectivity index (χ1n) is 5.48. The number of carbonyl (C=O) groups excluding carboxylic acids is 1. The van der Waals surface area contributed by atoms with Gasteiger partial charge in [0, 0.05) is 17.3 Å². The molecule has 1 heterocycles. The number of halogens is 1. The molecular formula is C12H18BrNO2S.